The zero-order valence-corrected chi connectivity index (χ0v) is 27.4. The second-order valence-corrected chi connectivity index (χ2v) is 15.3. The van der Waals surface area contributed by atoms with E-state index in [9.17, 15) is 10.2 Å². The number of fused-ring (bicyclic) bond motifs is 8. The molecule has 236 valence electrons. The molecule has 3 aromatic rings. The van der Waals surface area contributed by atoms with Gasteiger partial charge < -0.3 is 25.0 Å². The lowest BCUT2D eigenvalue weighted by atomic mass is 9.35. The number of ether oxygens (including phenoxy) is 1. The molecular weight excluding hydrogens is 550 g/mol. The molecule has 4 aliphatic rings. The Bertz CT molecular complexity index is 1650. The van der Waals surface area contributed by atoms with Crippen molar-refractivity contribution < 1.29 is 24.9 Å². The minimum atomic E-state index is -0.250. The Labute approximate surface area is 261 Å². The fourth-order valence-corrected chi connectivity index (χ4v) is 10.6. The number of benzene rings is 2. The van der Waals surface area contributed by atoms with Crippen LogP contribution in [0.4, 0.5) is 0 Å². The van der Waals surface area contributed by atoms with Crippen molar-refractivity contribution in [2.75, 3.05) is 7.11 Å². The van der Waals surface area contributed by atoms with E-state index in [1.807, 2.05) is 19.1 Å². The Morgan fingerprint density at radius 2 is 1.77 bits per heavy atom. The molecule has 6 heteroatoms. The molecule has 4 aliphatic carbocycles. The average molecular weight is 600 g/mol. The van der Waals surface area contributed by atoms with Gasteiger partial charge in [0.25, 0.3) is 6.47 Å². The predicted molar refractivity (Wildman–Crippen MR) is 175 cm³/mol. The normalized spacial score (nSPS) is 35.6. The molecule has 1 heterocycles. The molecule has 2 aromatic carbocycles. The van der Waals surface area contributed by atoms with Gasteiger partial charge in [0.1, 0.15) is 5.75 Å². The molecule has 6 nitrogen and oxygen atoms in total. The van der Waals surface area contributed by atoms with Gasteiger partial charge in [0.05, 0.1) is 12.6 Å². The maximum atomic E-state index is 11.0. The third-order valence-electron chi connectivity index (χ3n) is 13.3. The van der Waals surface area contributed by atoms with Crippen LogP contribution in [0, 0.1) is 35.0 Å². The summed E-state index contributed by atoms with van der Waals surface area (Å²) in [6, 6.07) is 8.13. The molecule has 3 fully saturated rings. The van der Waals surface area contributed by atoms with Crippen LogP contribution in [0.1, 0.15) is 108 Å². The maximum Gasteiger partial charge on any atom is 0.290 e. The van der Waals surface area contributed by atoms with E-state index in [0.29, 0.717) is 5.41 Å². The van der Waals surface area contributed by atoms with Gasteiger partial charge in [0, 0.05) is 22.9 Å². The van der Waals surface area contributed by atoms with Gasteiger partial charge in [-0.25, -0.2) is 0 Å². The highest BCUT2D eigenvalue weighted by atomic mass is 16.5. The summed E-state index contributed by atoms with van der Waals surface area (Å²) in [4.78, 5) is 11.9. The number of phenolic OH excluding ortho intramolecular Hbond substituents is 2. The van der Waals surface area contributed by atoms with Crippen LogP contribution in [-0.4, -0.2) is 33.9 Å². The number of phenols is 2. The topological polar surface area (TPSA) is 103 Å². The molecule has 0 radical (unpaired) electrons. The Morgan fingerprint density at radius 1 is 1.05 bits per heavy atom. The van der Waals surface area contributed by atoms with E-state index < -0.39 is 0 Å². The Morgan fingerprint density at radius 3 is 2.48 bits per heavy atom. The molecule has 0 unspecified atom stereocenters. The smallest absolute Gasteiger partial charge is 0.290 e. The van der Waals surface area contributed by atoms with Crippen LogP contribution in [0.3, 0.4) is 0 Å². The molecule has 3 saturated carbocycles. The lowest BCUT2D eigenvalue weighted by molar-refractivity contribution is -0.145. The first kappa shape index (κ1) is 30.6. The number of hydrogen-bond donors (Lipinski definition) is 4. The lowest BCUT2D eigenvalue weighted by Crippen LogP contribution is -2.61. The van der Waals surface area contributed by atoms with Gasteiger partial charge in [-0.1, -0.05) is 64.8 Å². The van der Waals surface area contributed by atoms with E-state index in [0.717, 1.165) is 46.0 Å². The van der Waals surface area contributed by atoms with Gasteiger partial charge in [0.15, 0.2) is 11.5 Å². The molecular formula is C38H49NO5. The van der Waals surface area contributed by atoms with Crippen molar-refractivity contribution in [3.05, 3.63) is 64.4 Å². The number of carboxylic acid groups (broad SMARTS) is 1. The average Bonchev–Trinajstić information content (AvgIpc) is 3.43. The number of aromatic nitrogens is 1. The van der Waals surface area contributed by atoms with Crippen LogP contribution in [0.2, 0.25) is 0 Å². The summed E-state index contributed by atoms with van der Waals surface area (Å²) in [6.45, 7) is 14.4. The molecule has 0 saturated heterocycles. The van der Waals surface area contributed by atoms with Crippen LogP contribution in [0.15, 0.2) is 42.1 Å². The SMILES string of the molecule is COc1cccc2c([C@@H]3C=C4[C@@](C)(CC[C@@]5(C)[C@@H]6C[C@@H](C)CC[C@]6(C)CC[C@]45C)c4cc(O)c(O)c(C)c43)c[nH]c12.O=CO. The van der Waals surface area contributed by atoms with Crippen molar-refractivity contribution in [1.29, 1.82) is 0 Å². The molecule has 44 heavy (non-hydrogen) atoms. The van der Waals surface area contributed by atoms with E-state index in [2.05, 4.69) is 64.0 Å². The van der Waals surface area contributed by atoms with Crippen molar-refractivity contribution in [3.63, 3.8) is 0 Å². The van der Waals surface area contributed by atoms with Crippen LogP contribution < -0.4 is 4.74 Å². The standard InChI is InChI=1S/C37H47NO3.CH2O2/c1-21-11-12-34(3)13-15-37(6)30-18-24(25-20-38-32-23(25)9-8-10-28(32)41-7)31-22(2)33(40)27(39)19-26(31)35(30,4)14-16-36(37,5)29(34)17-21;2-1-3/h8-10,18-21,24,29,38-40H,11-17H2,1-7H3;1H,(H,2,3)/t21-,24-,29+,34+,35-,36-,37+;/m0./s1. The zero-order chi connectivity index (χ0) is 31.8. The van der Waals surface area contributed by atoms with E-state index in [-0.39, 0.29) is 40.1 Å². The third-order valence-corrected chi connectivity index (χ3v) is 13.3. The van der Waals surface area contributed by atoms with E-state index >= 15 is 0 Å². The number of methoxy groups -OCH3 is 1. The summed E-state index contributed by atoms with van der Waals surface area (Å²) in [5, 5.41) is 30.0. The molecule has 0 spiro atoms. The van der Waals surface area contributed by atoms with Crippen molar-refractivity contribution in [1.82, 2.24) is 4.98 Å². The van der Waals surface area contributed by atoms with Crippen LogP contribution in [0.25, 0.3) is 10.9 Å². The highest BCUT2D eigenvalue weighted by molar-refractivity contribution is 5.90. The Balaban J connectivity index is 0.00000110. The molecule has 0 amide bonds. The molecule has 0 bridgehead atoms. The summed E-state index contributed by atoms with van der Waals surface area (Å²) < 4.78 is 5.71. The number of aromatic hydroxyl groups is 2. The summed E-state index contributed by atoms with van der Waals surface area (Å²) in [5.41, 5.74) is 7.40. The highest BCUT2D eigenvalue weighted by Crippen LogP contribution is 2.74. The van der Waals surface area contributed by atoms with Crippen LogP contribution in [0.5, 0.6) is 17.2 Å². The molecule has 7 atom stereocenters. The van der Waals surface area contributed by atoms with E-state index in [1.165, 1.54) is 49.7 Å². The number of carbonyl (C=O) groups is 1. The zero-order valence-electron chi connectivity index (χ0n) is 27.4. The number of allylic oxidation sites excluding steroid dienone is 2. The summed E-state index contributed by atoms with van der Waals surface area (Å²) in [7, 11) is 1.72. The first-order valence-electron chi connectivity index (χ1n) is 16.3. The number of para-hydroxylation sites is 1. The van der Waals surface area contributed by atoms with Gasteiger partial charge in [0.2, 0.25) is 0 Å². The molecule has 0 aliphatic heterocycles. The lowest BCUT2D eigenvalue weighted by Gasteiger charge is -2.69. The van der Waals surface area contributed by atoms with E-state index in [1.54, 1.807) is 12.7 Å². The van der Waals surface area contributed by atoms with Crippen molar-refractivity contribution >= 4 is 17.4 Å². The summed E-state index contributed by atoms with van der Waals surface area (Å²) in [6.07, 6.45) is 13.5. The largest absolute Gasteiger partial charge is 0.504 e. The predicted octanol–water partition coefficient (Wildman–Crippen LogP) is 8.97. The fourth-order valence-electron chi connectivity index (χ4n) is 10.6. The van der Waals surface area contributed by atoms with E-state index in [4.69, 9.17) is 14.6 Å². The summed E-state index contributed by atoms with van der Waals surface area (Å²) in [5.74, 6) is 2.32. The van der Waals surface area contributed by atoms with Gasteiger partial charge in [-0.2, -0.15) is 0 Å². The number of aromatic amines is 1. The van der Waals surface area contributed by atoms with Gasteiger partial charge >= 0.3 is 0 Å². The third kappa shape index (κ3) is 4.01. The Hall–Kier alpha value is -3.41. The monoisotopic (exact) mass is 599 g/mol. The van der Waals surface area contributed by atoms with Gasteiger partial charge in [-0.15, -0.1) is 0 Å². The first-order valence-corrected chi connectivity index (χ1v) is 16.3. The fraction of sp³-hybridized carbons (Fsp3) is 0.553. The van der Waals surface area contributed by atoms with Gasteiger partial charge in [-0.05, 0) is 108 Å². The minimum Gasteiger partial charge on any atom is -0.504 e. The quantitative estimate of drug-likeness (QED) is 0.134. The van der Waals surface area contributed by atoms with Gasteiger partial charge in [-0.3, -0.25) is 4.79 Å². The van der Waals surface area contributed by atoms with Crippen LogP contribution in [-0.2, 0) is 10.2 Å². The molecule has 4 N–H and O–H groups in total. The first-order chi connectivity index (χ1) is 20.8. The number of H-pyrrole nitrogens is 1. The highest BCUT2D eigenvalue weighted by Gasteiger charge is 2.65. The Kier molecular flexibility index (Phi) is 7.18. The second-order valence-electron chi connectivity index (χ2n) is 15.3. The molecule has 1 aromatic heterocycles. The van der Waals surface area contributed by atoms with Crippen molar-refractivity contribution in [2.45, 2.75) is 97.8 Å². The van der Waals surface area contributed by atoms with Crippen molar-refractivity contribution in [3.8, 4) is 17.2 Å². The van der Waals surface area contributed by atoms with Crippen molar-refractivity contribution in [2.24, 2.45) is 28.1 Å². The number of rotatable bonds is 2. The number of nitrogens with one attached hydrogen (secondary N) is 1. The van der Waals surface area contributed by atoms with Crippen LogP contribution >= 0.6 is 0 Å². The summed E-state index contributed by atoms with van der Waals surface area (Å²) >= 11 is 0. The minimum absolute atomic E-state index is 0.00103. The molecule has 7 rings (SSSR count). The maximum absolute atomic E-state index is 11.0. The number of hydrogen-bond acceptors (Lipinski definition) is 4. The second kappa shape index (κ2) is 10.3.